The Bertz CT molecular complexity index is 1170. The van der Waals surface area contributed by atoms with E-state index in [1.54, 1.807) is 12.1 Å². The highest BCUT2D eigenvalue weighted by Gasteiger charge is 2.40. The van der Waals surface area contributed by atoms with Gasteiger partial charge in [-0.1, -0.05) is 24.3 Å². The van der Waals surface area contributed by atoms with Crippen molar-refractivity contribution in [3.8, 4) is 5.75 Å². The Morgan fingerprint density at radius 3 is 2.16 bits per heavy atom. The third-order valence-corrected chi connectivity index (χ3v) is 6.86. The lowest BCUT2D eigenvalue weighted by atomic mass is 9.71. The highest BCUT2D eigenvalue weighted by molar-refractivity contribution is 6.01. The third-order valence-electron chi connectivity index (χ3n) is 6.86. The second kappa shape index (κ2) is 11.7. The van der Waals surface area contributed by atoms with Crippen LogP contribution in [0.25, 0.3) is 6.08 Å². The number of rotatable bonds is 9. The smallest absolute Gasteiger partial charge is 0.406 e. The summed E-state index contributed by atoms with van der Waals surface area (Å²) >= 11 is 0. The molecule has 0 spiro atoms. The number of likely N-dealkylation sites (tertiary alicyclic amines) is 1. The van der Waals surface area contributed by atoms with Crippen LogP contribution in [0, 0.1) is 0 Å². The molecule has 2 aromatic rings. The van der Waals surface area contributed by atoms with E-state index in [1.807, 2.05) is 17.0 Å². The number of nitrogens with zero attached hydrogens (tertiary/aromatic N) is 1. The van der Waals surface area contributed by atoms with Crippen molar-refractivity contribution in [2.45, 2.75) is 56.8 Å². The quantitative estimate of drug-likeness (QED) is 0.441. The first kappa shape index (κ1) is 27.2. The molecule has 2 aliphatic rings. The second-order valence-electron chi connectivity index (χ2n) is 9.59. The molecule has 38 heavy (non-hydrogen) atoms. The van der Waals surface area contributed by atoms with Crippen LogP contribution >= 0.6 is 0 Å². The van der Waals surface area contributed by atoms with Crippen LogP contribution in [-0.2, 0) is 19.9 Å². The Labute approximate surface area is 219 Å². The second-order valence-corrected chi connectivity index (χ2v) is 9.59. The van der Waals surface area contributed by atoms with Gasteiger partial charge in [-0.15, -0.1) is 13.2 Å². The summed E-state index contributed by atoms with van der Waals surface area (Å²) in [7, 11) is 0. The van der Waals surface area contributed by atoms with Gasteiger partial charge in [-0.2, -0.15) is 0 Å². The number of alkyl halides is 3. The molecule has 1 saturated carbocycles. The van der Waals surface area contributed by atoms with Crippen LogP contribution in [0.2, 0.25) is 0 Å². The van der Waals surface area contributed by atoms with E-state index in [4.69, 9.17) is 0 Å². The highest BCUT2D eigenvalue weighted by atomic mass is 19.4. The normalized spacial score (nSPS) is 16.7. The fourth-order valence-electron chi connectivity index (χ4n) is 4.70. The maximum atomic E-state index is 12.6. The summed E-state index contributed by atoms with van der Waals surface area (Å²) in [5, 5.41) is 5.87. The van der Waals surface area contributed by atoms with Gasteiger partial charge in [-0.3, -0.25) is 14.4 Å². The maximum absolute atomic E-state index is 12.6. The number of hydrogen-bond acceptors (Lipinski definition) is 4. The molecule has 0 unspecified atom stereocenters. The van der Waals surface area contributed by atoms with E-state index in [1.165, 1.54) is 36.4 Å². The number of hydrogen-bond donors (Lipinski definition) is 2. The fourth-order valence-corrected chi connectivity index (χ4v) is 4.70. The molecule has 0 aromatic heterocycles. The molecule has 10 heteroatoms. The zero-order chi connectivity index (χ0) is 27.2. The molecule has 4 rings (SSSR count). The van der Waals surface area contributed by atoms with E-state index in [0.717, 1.165) is 50.8 Å². The van der Waals surface area contributed by atoms with Crippen molar-refractivity contribution in [3.63, 3.8) is 0 Å². The molecular weight excluding hydrogens is 499 g/mol. The topological polar surface area (TPSA) is 87.7 Å². The van der Waals surface area contributed by atoms with Crippen molar-refractivity contribution < 1.29 is 32.3 Å². The summed E-state index contributed by atoms with van der Waals surface area (Å²) in [6.07, 6.45) is 3.02. The lowest BCUT2D eigenvalue weighted by Crippen LogP contribution is -2.50. The Morgan fingerprint density at radius 1 is 0.921 bits per heavy atom. The van der Waals surface area contributed by atoms with Gasteiger partial charge in [0.1, 0.15) is 5.75 Å². The monoisotopic (exact) mass is 529 g/mol. The predicted molar refractivity (Wildman–Crippen MR) is 136 cm³/mol. The molecule has 2 aromatic carbocycles. The molecule has 7 nitrogen and oxygen atoms in total. The Balaban J connectivity index is 1.28. The number of carbonyl (C=O) groups is 3. The Morgan fingerprint density at radius 2 is 1.58 bits per heavy atom. The van der Waals surface area contributed by atoms with Gasteiger partial charge in [0, 0.05) is 37.7 Å². The van der Waals surface area contributed by atoms with Gasteiger partial charge in [0.15, 0.2) is 0 Å². The van der Waals surface area contributed by atoms with Crippen molar-refractivity contribution in [2.24, 2.45) is 0 Å². The molecule has 1 heterocycles. The van der Waals surface area contributed by atoms with Gasteiger partial charge in [0.2, 0.25) is 17.7 Å². The van der Waals surface area contributed by atoms with Gasteiger partial charge >= 0.3 is 6.36 Å². The van der Waals surface area contributed by atoms with Crippen molar-refractivity contribution in [1.29, 1.82) is 0 Å². The molecule has 2 fully saturated rings. The number of carbonyl (C=O) groups excluding carboxylic acids is 3. The first-order valence-corrected chi connectivity index (χ1v) is 12.7. The van der Waals surface area contributed by atoms with Gasteiger partial charge in [0.05, 0.1) is 5.54 Å². The van der Waals surface area contributed by atoms with Gasteiger partial charge < -0.3 is 20.3 Å². The summed E-state index contributed by atoms with van der Waals surface area (Å²) in [5.74, 6) is -0.849. The van der Waals surface area contributed by atoms with E-state index in [9.17, 15) is 27.6 Å². The SMILES string of the molecule is O=C(/C=C/c1ccc(OC(F)(F)F)cc1)Nc1ccc(C2(NC(=O)CCC(=O)N3CCCC3)CCC2)cc1. The van der Waals surface area contributed by atoms with E-state index in [0.29, 0.717) is 11.3 Å². The van der Waals surface area contributed by atoms with E-state index in [-0.39, 0.29) is 30.4 Å². The minimum absolute atomic E-state index is 0.0296. The highest BCUT2D eigenvalue weighted by Crippen LogP contribution is 2.41. The average molecular weight is 530 g/mol. The number of ether oxygens (including phenoxy) is 1. The lowest BCUT2D eigenvalue weighted by Gasteiger charge is -2.43. The summed E-state index contributed by atoms with van der Waals surface area (Å²) in [4.78, 5) is 39.0. The fraction of sp³-hybridized carbons (Fsp3) is 0.393. The zero-order valence-corrected chi connectivity index (χ0v) is 20.9. The summed E-state index contributed by atoms with van der Waals surface area (Å²) < 4.78 is 40.6. The molecule has 1 saturated heterocycles. The third kappa shape index (κ3) is 7.36. The van der Waals surface area contributed by atoms with Gasteiger partial charge in [-0.05, 0) is 73.6 Å². The van der Waals surface area contributed by atoms with Crippen LogP contribution in [-0.4, -0.2) is 42.1 Å². The maximum Gasteiger partial charge on any atom is 0.573 e. The molecule has 0 bridgehead atoms. The van der Waals surface area contributed by atoms with Crippen LogP contribution in [0.1, 0.15) is 56.1 Å². The van der Waals surface area contributed by atoms with E-state index < -0.39 is 17.8 Å². The number of anilines is 1. The van der Waals surface area contributed by atoms with Crippen LogP contribution in [0.3, 0.4) is 0 Å². The van der Waals surface area contributed by atoms with Crippen molar-refractivity contribution in [3.05, 3.63) is 65.7 Å². The number of halogens is 3. The van der Waals surface area contributed by atoms with Crippen molar-refractivity contribution in [1.82, 2.24) is 10.2 Å². The molecule has 202 valence electrons. The molecule has 1 aliphatic carbocycles. The predicted octanol–water partition coefficient (Wildman–Crippen LogP) is 5.14. The zero-order valence-electron chi connectivity index (χ0n) is 20.9. The number of amides is 3. The Kier molecular flexibility index (Phi) is 8.38. The van der Waals surface area contributed by atoms with Crippen LogP contribution in [0.4, 0.5) is 18.9 Å². The standard InChI is InChI=1S/C28H30F3N3O4/c29-28(30,31)38-23-11-4-20(5-12-23)6-13-24(35)32-22-9-7-21(8-10-22)27(16-3-17-27)33-25(36)14-15-26(37)34-18-1-2-19-34/h4-13H,1-3,14-19H2,(H,32,35)(H,33,36)/b13-6+. The number of nitrogens with one attached hydrogen (secondary N) is 2. The lowest BCUT2D eigenvalue weighted by molar-refractivity contribution is -0.274. The van der Waals surface area contributed by atoms with E-state index >= 15 is 0 Å². The summed E-state index contributed by atoms with van der Waals surface area (Å²) in [6.45, 7) is 1.55. The minimum Gasteiger partial charge on any atom is -0.406 e. The van der Waals surface area contributed by atoms with Crippen molar-refractivity contribution >= 4 is 29.5 Å². The molecule has 0 atom stereocenters. The van der Waals surface area contributed by atoms with Gasteiger partial charge in [-0.25, -0.2) is 0 Å². The molecule has 0 radical (unpaired) electrons. The molecule has 2 N–H and O–H groups in total. The molecule has 3 amide bonds. The summed E-state index contributed by atoms with van der Waals surface area (Å²) in [6, 6.07) is 12.4. The summed E-state index contributed by atoms with van der Waals surface area (Å²) in [5.41, 5.74) is 1.58. The molecular formula is C28H30F3N3O4. The first-order chi connectivity index (χ1) is 18.1. The Hall–Kier alpha value is -3.82. The average Bonchev–Trinajstić information content (AvgIpc) is 3.39. The molecule has 1 aliphatic heterocycles. The largest absolute Gasteiger partial charge is 0.573 e. The first-order valence-electron chi connectivity index (χ1n) is 12.7. The minimum atomic E-state index is -4.76. The van der Waals surface area contributed by atoms with Crippen molar-refractivity contribution in [2.75, 3.05) is 18.4 Å². The van der Waals surface area contributed by atoms with Crippen LogP contribution in [0.15, 0.2) is 54.6 Å². The van der Waals surface area contributed by atoms with E-state index in [2.05, 4.69) is 15.4 Å². The number of benzene rings is 2. The van der Waals surface area contributed by atoms with Crippen LogP contribution < -0.4 is 15.4 Å². The van der Waals surface area contributed by atoms with Gasteiger partial charge in [0.25, 0.3) is 0 Å². The van der Waals surface area contributed by atoms with Crippen LogP contribution in [0.5, 0.6) is 5.75 Å².